The fourth-order valence-corrected chi connectivity index (χ4v) is 5.47. The molecule has 2 N–H and O–H groups in total. The molecular weight excluding hydrogens is 454 g/mol. The van der Waals surface area contributed by atoms with Crippen LogP contribution in [-0.4, -0.2) is 38.9 Å². The summed E-state index contributed by atoms with van der Waals surface area (Å²) in [5, 5.41) is 10.3. The van der Waals surface area contributed by atoms with Gasteiger partial charge < -0.3 is 10.1 Å². The zero-order chi connectivity index (χ0) is 25.1. The number of anilines is 1. The zero-order valence-corrected chi connectivity index (χ0v) is 19.9. The number of hydrogen-bond donors (Lipinski definition) is 2. The van der Waals surface area contributed by atoms with Crippen molar-refractivity contribution in [3.05, 3.63) is 101 Å². The van der Waals surface area contributed by atoms with Crippen LogP contribution in [0, 0.1) is 0 Å². The molecular formula is C29H25N3O4. The van der Waals surface area contributed by atoms with Crippen molar-refractivity contribution in [3.63, 3.8) is 0 Å². The molecule has 0 bridgehead atoms. The second-order valence-electron chi connectivity index (χ2n) is 9.72. The van der Waals surface area contributed by atoms with Gasteiger partial charge in [0.2, 0.25) is 0 Å². The van der Waals surface area contributed by atoms with E-state index in [4.69, 9.17) is 0 Å². The summed E-state index contributed by atoms with van der Waals surface area (Å²) < 4.78 is 0. The first-order valence-corrected chi connectivity index (χ1v) is 12.0. The van der Waals surface area contributed by atoms with Gasteiger partial charge in [0.1, 0.15) is 12.1 Å². The number of imide groups is 1. The Hall–Kier alpha value is -4.39. The number of urea groups is 1. The molecule has 0 spiro atoms. The summed E-state index contributed by atoms with van der Waals surface area (Å²) in [5.41, 5.74) is 5.55. The zero-order valence-electron chi connectivity index (χ0n) is 19.9. The molecule has 0 aliphatic carbocycles. The molecule has 36 heavy (non-hydrogen) atoms. The molecule has 3 aromatic carbocycles. The van der Waals surface area contributed by atoms with Gasteiger partial charge in [0.25, 0.3) is 5.91 Å². The minimum absolute atomic E-state index is 0.0973. The van der Waals surface area contributed by atoms with Crippen LogP contribution >= 0.6 is 0 Å². The fraction of sp³-hybridized carbons (Fsp3) is 0.207. The van der Waals surface area contributed by atoms with Crippen LogP contribution < -0.4 is 4.90 Å². The summed E-state index contributed by atoms with van der Waals surface area (Å²) >= 11 is 0. The lowest BCUT2D eigenvalue weighted by atomic mass is 9.88. The Bertz CT molecular complexity index is 1520. The van der Waals surface area contributed by atoms with Crippen LogP contribution in [0.4, 0.5) is 10.5 Å². The molecule has 4 aromatic rings. The molecule has 7 nitrogen and oxygen atoms in total. The fourth-order valence-electron chi connectivity index (χ4n) is 5.47. The molecule has 2 atom stereocenters. The number of hydrogen-bond acceptors (Lipinski definition) is 3. The van der Waals surface area contributed by atoms with Gasteiger partial charge in [-0.3, -0.25) is 9.69 Å². The molecule has 6 rings (SSSR count). The number of aromatic nitrogens is 1. The third-order valence-electron chi connectivity index (χ3n) is 7.34. The van der Waals surface area contributed by atoms with Gasteiger partial charge in [0.05, 0.1) is 11.3 Å². The molecule has 1 fully saturated rings. The number of nitrogens with zero attached hydrogens (tertiary/aromatic N) is 2. The Balaban J connectivity index is 1.49. The monoisotopic (exact) mass is 479 g/mol. The van der Waals surface area contributed by atoms with E-state index in [-0.39, 0.29) is 11.5 Å². The predicted octanol–water partition coefficient (Wildman–Crippen LogP) is 5.47. The first-order valence-electron chi connectivity index (χ1n) is 12.0. The Morgan fingerprint density at radius 1 is 0.972 bits per heavy atom. The summed E-state index contributed by atoms with van der Waals surface area (Å²) in [6.07, 6.45) is 0.411. The number of amides is 3. The van der Waals surface area contributed by atoms with Crippen LogP contribution in [-0.2, 0) is 11.2 Å². The van der Waals surface area contributed by atoms with Gasteiger partial charge in [-0.25, -0.2) is 14.5 Å². The maximum absolute atomic E-state index is 13.9. The summed E-state index contributed by atoms with van der Waals surface area (Å²) in [6.45, 7) is 4.27. The minimum atomic E-state index is -1.06. The van der Waals surface area contributed by atoms with E-state index >= 15 is 0 Å². The second kappa shape index (κ2) is 8.09. The molecule has 1 aromatic heterocycles. The van der Waals surface area contributed by atoms with Crippen LogP contribution in [0.2, 0.25) is 0 Å². The molecule has 2 unspecified atom stereocenters. The normalized spacial score (nSPS) is 19.2. The van der Waals surface area contributed by atoms with E-state index < -0.39 is 24.1 Å². The molecule has 180 valence electrons. The summed E-state index contributed by atoms with van der Waals surface area (Å²) in [7, 11) is 0. The Labute approximate surface area is 208 Å². The second-order valence-corrected chi connectivity index (χ2v) is 9.72. The molecule has 7 heteroatoms. The van der Waals surface area contributed by atoms with Gasteiger partial charge in [-0.2, -0.15) is 0 Å². The van der Waals surface area contributed by atoms with E-state index in [9.17, 15) is 19.5 Å². The smallest absolute Gasteiger partial charge is 0.335 e. The third kappa shape index (κ3) is 3.23. The van der Waals surface area contributed by atoms with Crippen molar-refractivity contribution < 1.29 is 19.5 Å². The lowest BCUT2D eigenvalue weighted by molar-refractivity contribution is -0.120. The minimum Gasteiger partial charge on any atom is -0.478 e. The Morgan fingerprint density at radius 3 is 2.33 bits per heavy atom. The predicted molar refractivity (Wildman–Crippen MR) is 136 cm³/mol. The molecule has 3 heterocycles. The van der Waals surface area contributed by atoms with E-state index in [2.05, 4.69) is 31.0 Å². The number of aromatic amines is 1. The maximum Gasteiger partial charge on any atom is 0.335 e. The summed E-state index contributed by atoms with van der Waals surface area (Å²) in [4.78, 5) is 45.2. The van der Waals surface area contributed by atoms with Crippen LogP contribution in [0.15, 0.2) is 72.8 Å². The molecule has 0 saturated carbocycles. The lowest BCUT2D eigenvalue weighted by Crippen LogP contribution is -2.44. The van der Waals surface area contributed by atoms with Crippen molar-refractivity contribution in [2.45, 2.75) is 38.3 Å². The highest BCUT2D eigenvalue weighted by atomic mass is 16.4. The number of carboxylic acids is 1. The Morgan fingerprint density at radius 2 is 1.67 bits per heavy atom. The van der Waals surface area contributed by atoms with Crippen LogP contribution in [0.3, 0.4) is 0 Å². The topological polar surface area (TPSA) is 93.7 Å². The number of para-hydroxylation sites is 1. The van der Waals surface area contributed by atoms with Gasteiger partial charge in [0, 0.05) is 23.0 Å². The molecule has 2 aliphatic rings. The quantitative estimate of drug-likeness (QED) is 0.380. The van der Waals surface area contributed by atoms with Crippen LogP contribution in [0.5, 0.6) is 0 Å². The number of carbonyl (C=O) groups excluding carboxylic acids is 2. The van der Waals surface area contributed by atoms with Crippen molar-refractivity contribution in [1.29, 1.82) is 0 Å². The maximum atomic E-state index is 13.9. The van der Waals surface area contributed by atoms with E-state index in [0.29, 0.717) is 18.0 Å². The molecule has 3 amide bonds. The van der Waals surface area contributed by atoms with Crippen molar-refractivity contribution >= 4 is 34.5 Å². The molecule has 1 saturated heterocycles. The van der Waals surface area contributed by atoms with Crippen molar-refractivity contribution in [1.82, 2.24) is 9.88 Å². The number of H-pyrrole nitrogens is 1. The highest BCUT2D eigenvalue weighted by molar-refractivity contribution is 6.22. The van der Waals surface area contributed by atoms with Gasteiger partial charge >= 0.3 is 12.0 Å². The number of carboxylic acid groups (broad SMARTS) is 1. The van der Waals surface area contributed by atoms with Crippen LogP contribution in [0.25, 0.3) is 10.9 Å². The van der Waals surface area contributed by atoms with Gasteiger partial charge in [-0.1, -0.05) is 56.3 Å². The molecule has 2 aliphatic heterocycles. The van der Waals surface area contributed by atoms with Gasteiger partial charge in [-0.15, -0.1) is 0 Å². The largest absolute Gasteiger partial charge is 0.478 e. The molecule has 0 radical (unpaired) electrons. The summed E-state index contributed by atoms with van der Waals surface area (Å²) in [6, 6.07) is 20.6. The van der Waals surface area contributed by atoms with Gasteiger partial charge in [-0.05, 0) is 52.9 Å². The number of benzene rings is 3. The van der Waals surface area contributed by atoms with Crippen molar-refractivity contribution in [3.8, 4) is 0 Å². The first-order chi connectivity index (χ1) is 17.3. The number of nitrogens with one attached hydrogen (secondary N) is 1. The van der Waals surface area contributed by atoms with Crippen LogP contribution in [0.1, 0.15) is 58.5 Å². The highest BCUT2D eigenvalue weighted by Crippen LogP contribution is 2.45. The standard InChI is InChI=1S/C29H25N3O4/c1-16(2)17-7-9-18(10-8-17)26-25-22(21-5-3-4-6-23(21)30-25)15-24-27(33)31(29(36)32(24)26)20-13-11-19(12-14-20)28(34)35/h3-14,16,24,26,30H,15H2,1-2H3,(H,34,35). The van der Waals surface area contributed by atoms with E-state index in [1.165, 1.54) is 34.7 Å². The average Bonchev–Trinajstić information content (AvgIpc) is 3.37. The first kappa shape index (κ1) is 22.1. The summed E-state index contributed by atoms with van der Waals surface area (Å²) in [5.74, 6) is -0.989. The number of aromatic carboxylic acids is 1. The van der Waals surface area contributed by atoms with Gasteiger partial charge in [0.15, 0.2) is 0 Å². The third-order valence-corrected chi connectivity index (χ3v) is 7.34. The highest BCUT2D eigenvalue weighted by Gasteiger charge is 2.53. The van der Waals surface area contributed by atoms with Crippen molar-refractivity contribution in [2.24, 2.45) is 0 Å². The number of fused-ring (bicyclic) bond motifs is 4. The van der Waals surface area contributed by atoms with E-state index in [0.717, 1.165) is 27.7 Å². The van der Waals surface area contributed by atoms with E-state index in [1.54, 1.807) is 4.90 Å². The number of rotatable bonds is 4. The Kier molecular flexibility index (Phi) is 4.96. The average molecular weight is 480 g/mol. The number of carbonyl (C=O) groups is 3. The lowest BCUT2D eigenvalue weighted by Gasteiger charge is -2.36. The van der Waals surface area contributed by atoms with Crippen molar-refractivity contribution in [2.75, 3.05) is 4.90 Å². The SMILES string of the molecule is CC(C)c1ccc(C2c3[nH]c4ccccc4c3CC3C(=O)N(c4ccc(C(=O)O)cc4)C(=O)N32)cc1. The van der Waals surface area contributed by atoms with E-state index in [1.807, 2.05) is 36.4 Å².